The molecular formula is C10H16. The molecule has 0 aromatic carbocycles. The molecule has 0 amide bonds. The highest BCUT2D eigenvalue weighted by Gasteiger charge is 2.09. The van der Waals surface area contributed by atoms with Crippen LogP contribution in [0.3, 0.4) is 0 Å². The van der Waals surface area contributed by atoms with E-state index in [9.17, 15) is 0 Å². The lowest BCUT2D eigenvalue weighted by Crippen LogP contribution is -1.93. The van der Waals surface area contributed by atoms with Crippen LogP contribution in [-0.2, 0) is 0 Å². The van der Waals surface area contributed by atoms with Crippen molar-refractivity contribution >= 4 is 0 Å². The van der Waals surface area contributed by atoms with Gasteiger partial charge in [-0.15, -0.1) is 0 Å². The summed E-state index contributed by atoms with van der Waals surface area (Å²) in [7, 11) is 0. The van der Waals surface area contributed by atoms with E-state index in [-0.39, 0.29) is 0 Å². The normalized spacial score (nSPS) is 17.7. The zero-order valence-electron chi connectivity index (χ0n) is 6.98. The van der Waals surface area contributed by atoms with Crippen LogP contribution in [0.15, 0.2) is 23.8 Å². The SMILES string of the molecule is C=C(C1=CCCC1)C(C)C. The Morgan fingerprint density at radius 3 is 2.70 bits per heavy atom. The molecule has 0 saturated heterocycles. The summed E-state index contributed by atoms with van der Waals surface area (Å²) < 4.78 is 0. The maximum Gasteiger partial charge on any atom is -0.0222 e. The van der Waals surface area contributed by atoms with Gasteiger partial charge in [-0.25, -0.2) is 0 Å². The molecule has 10 heavy (non-hydrogen) atoms. The summed E-state index contributed by atoms with van der Waals surface area (Å²) in [6, 6.07) is 0. The molecule has 0 heterocycles. The molecule has 0 aliphatic heterocycles. The Bertz CT molecular complexity index is 161. The Kier molecular flexibility index (Phi) is 2.31. The minimum absolute atomic E-state index is 0.629. The molecule has 0 saturated carbocycles. The van der Waals surface area contributed by atoms with E-state index in [4.69, 9.17) is 0 Å². The van der Waals surface area contributed by atoms with Crippen LogP contribution < -0.4 is 0 Å². The molecule has 0 heteroatoms. The monoisotopic (exact) mass is 136 g/mol. The molecule has 1 aliphatic carbocycles. The third kappa shape index (κ3) is 1.50. The van der Waals surface area contributed by atoms with Crippen molar-refractivity contribution in [1.82, 2.24) is 0 Å². The smallest absolute Gasteiger partial charge is 0.0222 e. The molecule has 0 radical (unpaired) electrons. The van der Waals surface area contributed by atoms with E-state index in [2.05, 4.69) is 26.5 Å². The average Bonchev–Trinajstić information content (AvgIpc) is 2.36. The van der Waals surface area contributed by atoms with Crippen molar-refractivity contribution in [1.29, 1.82) is 0 Å². The number of hydrogen-bond donors (Lipinski definition) is 0. The number of rotatable bonds is 2. The largest absolute Gasteiger partial charge is 0.0953 e. The van der Waals surface area contributed by atoms with Gasteiger partial charge in [-0.1, -0.05) is 26.5 Å². The van der Waals surface area contributed by atoms with Crippen LogP contribution in [0.1, 0.15) is 33.1 Å². The standard InChI is InChI=1S/C10H16/c1-8(2)9(3)10-6-4-5-7-10/h6,8H,3-5,7H2,1-2H3. The van der Waals surface area contributed by atoms with Gasteiger partial charge in [-0.2, -0.15) is 0 Å². The Hall–Kier alpha value is -0.520. The van der Waals surface area contributed by atoms with E-state index >= 15 is 0 Å². The average molecular weight is 136 g/mol. The zero-order chi connectivity index (χ0) is 7.56. The van der Waals surface area contributed by atoms with Crippen LogP contribution in [0.5, 0.6) is 0 Å². The molecule has 0 aromatic heterocycles. The minimum atomic E-state index is 0.629. The van der Waals surface area contributed by atoms with Gasteiger partial charge >= 0.3 is 0 Å². The van der Waals surface area contributed by atoms with Gasteiger partial charge in [0.05, 0.1) is 0 Å². The summed E-state index contributed by atoms with van der Waals surface area (Å²) in [4.78, 5) is 0. The van der Waals surface area contributed by atoms with Gasteiger partial charge in [0.25, 0.3) is 0 Å². The first-order valence-electron chi connectivity index (χ1n) is 4.10. The van der Waals surface area contributed by atoms with Crippen molar-refractivity contribution in [3.63, 3.8) is 0 Å². The molecule has 0 N–H and O–H groups in total. The molecule has 0 spiro atoms. The Morgan fingerprint density at radius 2 is 2.30 bits per heavy atom. The van der Waals surface area contributed by atoms with Crippen molar-refractivity contribution in [3.8, 4) is 0 Å². The van der Waals surface area contributed by atoms with Gasteiger partial charge in [-0.3, -0.25) is 0 Å². The summed E-state index contributed by atoms with van der Waals surface area (Å²) in [6.45, 7) is 8.49. The highest BCUT2D eigenvalue weighted by atomic mass is 14.1. The molecule has 56 valence electrons. The first-order valence-corrected chi connectivity index (χ1v) is 4.10. The number of allylic oxidation sites excluding steroid dienone is 3. The molecule has 0 bridgehead atoms. The summed E-state index contributed by atoms with van der Waals surface area (Å²) in [5.74, 6) is 0.629. The van der Waals surface area contributed by atoms with Crippen molar-refractivity contribution < 1.29 is 0 Å². The number of hydrogen-bond acceptors (Lipinski definition) is 0. The van der Waals surface area contributed by atoms with Crippen molar-refractivity contribution in [2.45, 2.75) is 33.1 Å². The third-order valence-corrected chi connectivity index (χ3v) is 2.15. The summed E-state index contributed by atoms with van der Waals surface area (Å²) in [6.07, 6.45) is 6.20. The second-order valence-corrected chi connectivity index (χ2v) is 3.30. The second-order valence-electron chi connectivity index (χ2n) is 3.30. The molecule has 0 nitrogen and oxygen atoms in total. The fourth-order valence-electron chi connectivity index (χ4n) is 1.33. The lowest BCUT2D eigenvalue weighted by molar-refractivity contribution is 0.767. The van der Waals surface area contributed by atoms with Gasteiger partial charge in [0.1, 0.15) is 0 Å². The van der Waals surface area contributed by atoms with Crippen molar-refractivity contribution in [2.24, 2.45) is 5.92 Å². The Balaban J connectivity index is 2.56. The van der Waals surface area contributed by atoms with Crippen molar-refractivity contribution in [3.05, 3.63) is 23.8 Å². The van der Waals surface area contributed by atoms with Crippen LogP contribution in [0.4, 0.5) is 0 Å². The lowest BCUT2D eigenvalue weighted by atomic mass is 9.97. The van der Waals surface area contributed by atoms with Gasteiger partial charge in [0, 0.05) is 0 Å². The second kappa shape index (κ2) is 3.05. The van der Waals surface area contributed by atoms with E-state index in [0.29, 0.717) is 5.92 Å². The van der Waals surface area contributed by atoms with E-state index in [1.165, 1.54) is 30.4 Å². The van der Waals surface area contributed by atoms with Gasteiger partial charge < -0.3 is 0 Å². The molecule has 1 rings (SSSR count). The molecule has 1 aliphatic rings. The minimum Gasteiger partial charge on any atom is -0.0953 e. The predicted octanol–water partition coefficient (Wildman–Crippen LogP) is 3.31. The van der Waals surface area contributed by atoms with E-state index < -0.39 is 0 Å². The van der Waals surface area contributed by atoms with Crippen LogP contribution in [0.2, 0.25) is 0 Å². The molecule has 0 fully saturated rings. The lowest BCUT2D eigenvalue weighted by Gasteiger charge is -2.09. The molecule has 0 atom stereocenters. The first kappa shape index (κ1) is 7.59. The zero-order valence-corrected chi connectivity index (χ0v) is 6.98. The molecular weight excluding hydrogens is 120 g/mol. The van der Waals surface area contributed by atoms with E-state index in [1.807, 2.05) is 0 Å². The van der Waals surface area contributed by atoms with Gasteiger partial charge in [-0.05, 0) is 36.3 Å². The fourth-order valence-corrected chi connectivity index (χ4v) is 1.33. The fraction of sp³-hybridized carbons (Fsp3) is 0.600. The summed E-state index contributed by atoms with van der Waals surface area (Å²) >= 11 is 0. The topological polar surface area (TPSA) is 0 Å². The summed E-state index contributed by atoms with van der Waals surface area (Å²) in [5, 5.41) is 0. The van der Waals surface area contributed by atoms with E-state index in [0.717, 1.165) is 0 Å². The summed E-state index contributed by atoms with van der Waals surface area (Å²) in [5.41, 5.74) is 2.85. The highest BCUT2D eigenvalue weighted by Crippen LogP contribution is 2.27. The molecule has 0 aromatic rings. The third-order valence-electron chi connectivity index (χ3n) is 2.15. The maximum absolute atomic E-state index is 4.07. The quantitative estimate of drug-likeness (QED) is 0.546. The van der Waals surface area contributed by atoms with Crippen LogP contribution >= 0.6 is 0 Å². The maximum atomic E-state index is 4.07. The molecule has 0 unspecified atom stereocenters. The Morgan fingerprint density at radius 1 is 1.60 bits per heavy atom. The van der Waals surface area contributed by atoms with Gasteiger partial charge in [0.15, 0.2) is 0 Å². The first-order chi connectivity index (χ1) is 4.72. The van der Waals surface area contributed by atoms with Crippen LogP contribution in [0.25, 0.3) is 0 Å². The van der Waals surface area contributed by atoms with E-state index in [1.54, 1.807) is 0 Å². The van der Waals surface area contributed by atoms with Gasteiger partial charge in [0.2, 0.25) is 0 Å². The van der Waals surface area contributed by atoms with Crippen molar-refractivity contribution in [2.75, 3.05) is 0 Å². The predicted molar refractivity (Wildman–Crippen MR) is 45.9 cm³/mol. The van der Waals surface area contributed by atoms with Crippen LogP contribution in [0, 0.1) is 5.92 Å². The Labute approximate surface area is 63.6 Å². The highest BCUT2D eigenvalue weighted by molar-refractivity contribution is 5.31. The van der Waals surface area contributed by atoms with Crippen LogP contribution in [-0.4, -0.2) is 0 Å².